The van der Waals surface area contributed by atoms with Crippen molar-refractivity contribution in [1.82, 2.24) is 0 Å². The van der Waals surface area contributed by atoms with Crippen LogP contribution in [0.4, 0.5) is 0 Å². The molecule has 0 aliphatic heterocycles. The number of carbonyl (C=O) groups excluding carboxylic acids is 3. The molecule has 0 saturated carbocycles. The summed E-state index contributed by atoms with van der Waals surface area (Å²) in [6.45, 7) is 6.50. The summed E-state index contributed by atoms with van der Waals surface area (Å²) in [4.78, 5) is 38.4. The van der Waals surface area contributed by atoms with Crippen LogP contribution >= 0.6 is 0 Å². The van der Waals surface area contributed by atoms with Crippen LogP contribution in [0.1, 0.15) is 355 Å². The Morgan fingerprint density at radius 2 is 0.482 bits per heavy atom. The van der Waals surface area contributed by atoms with Crippen molar-refractivity contribution in [2.45, 2.75) is 361 Å². The number of hydrogen-bond donors (Lipinski definition) is 0. The van der Waals surface area contributed by atoms with Gasteiger partial charge in [-0.05, 0) is 116 Å². The molecule has 478 valence electrons. The van der Waals surface area contributed by atoms with Crippen molar-refractivity contribution in [2.24, 2.45) is 0 Å². The molecule has 1 unspecified atom stereocenters. The van der Waals surface area contributed by atoms with E-state index < -0.39 is 6.10 Å². The third kappa shape index (κ3) is 69.0. The fourth-order valence-corrected chi connectivity index (χ4v) is 10.2. The van der Waals surface area contributed by atoms with Gasteiger partial charge in [0, 0.05) is 19.3 Å². The first kappa shape index (κ1) is 79.3. The molecular formula is C77H134O6. The smallest absolute Gasteiger partial charge is 0.306 e. The number of esters is 3. The summed E-state index contributed by atoms with van der Waals surface area (Å²) in [5, 5.41) is 0. The summed E-state index contributed by atoms with van der Waals surface area (Å²) >= 11 is 0. The van der Waals surface area contributed by atoms with Crippen molar-refractivity contribution in [1.29, 1.82) is 0 Å². The van der Waals surface area contributed by atoms with Gasteiger partial charge in [-0.25, -0.2) is 0 Å². The average molecular weight is 1160 g/mol. The zero-order valence-corrected chi connectivity index (χ0v) is 54.9. The van der Waals surface area contributed by atoms with E-state index in [9.17, 15) is 14.4 Å². The van der Waals surface area contributed by atoms with Gasteiger partial charge in [0.15, 0.2) is 6.10 Å². The summed E-state index contributed by atoms with van der Waals surface area (Å²) in [7, 11) is 0. The Kier molecular flexibility index (Phi) is 67.7. The van der Waals surface area contributed by atoms with Crippen molar-refractivity contribution in [3.05, 3.63) is 97.2 Å². The van der Waals surface area contributed by atoms with Gasteiger partial charge in [-0.15, -0.1) is 0 Å². The fourth-order valence-electron chi connectivity index (χ4n) is 10.2. The Balaban J connectivity index is 4.19. The molecule has 0 aliphatic rings. The minimum atomic E-state index is -0.788. The normalized spacial score (nSPS) is 12.7. The van der Waals surface area contributed by atoms with Gasteiger partial charge < -0.3 is 14.2 Å². The monoisotopic (exact) mass is 1160 g/mol. The summed E-state index contributed by atoms with van der Waals surface area (Å²) < 4.78 is 16.9. The van der Waals surface area contributed by atoms with E-state index in [-0.39, 0.29) is 31.1 Å². The van der Waals surface area contributed by atoms with Gasteiger partial charge in [0.1, 0.15) is 13.2 Å². The van der Waals surface area contributed by atoms with Crippen LogP contribution in [0.25, 0.3) is 0 Å². The van der Waals surface area contributed by atoms with Crippen LogP contribution in [0.5, 0.6) is 0 Å². The Hall–Kier alpha value is -3.67. The maximum atomic E-state index is 12.9. The number of ether oxygens (including phenoxy) is 3. The Labute approximate surface area is 515 Å². The molecule has 0 amide bonds. The average Bonchev–Trinajstić information content (AvgIpc) is 3.48. The second kappa shape index (κ2) is 70.8. The molecule has 0 aromatic rings. The van der Waals surface area contributed by atoms with Crippen molar-refractivity contribution in [2.75, 3.05) is 13.2 Å². The van der Waals surface area contributed by atoms with Gasteiger partial charge >= 0.3 is 17.9 Å². The molecule has 0 aromatic heterocycles. The van der Waals surface area contributed by atoms with Crippen LogP contribution in [0.2, 0.25) is 0 Å². The lowest BCUT2D eigenvalue weighted by Crippen LogP contribution is -2.30. The standard InChI is InChI=1S/C77H134O6/c1-4-7-10-13-16-19-22-24-26-28-30-32-34-35-36-37-38-39-40-41-43-44-46-48-50-52-55-58-61-64-67-70-76(79)82-73-74(72-81-75(78)69-66-63-60-57-54-21-18-15-12-9-6-3)83-77(80)71-68-65-62-59-56-53-51-49-47-45-42-33-31-29-27-25-23-20-17-14-11-8-5-2/h8,11,15,17-18,20,22,24-25,27-28,30-31,33,45,47,74H,4-7,9-10,12-14,16,19,21,23,26,29,32,34-44,46,48-73H2,1-3H3/b11-8-,18-15-,20-17-,24-22-,27-25-,30-28-,33-31-,47-45-. The van der Waals surface area contributed by atoms with E-state index >= 15 is 0 Å². The SMILES string of the molecule is CC/C=C\C/C=C\C/C=C\C/C=C\C/C=C\CCCCCCCCCC(=O)OC(COC(=O)CCCCCCC/C=C\CCCC)COC(=O)CCCCCCCCCCCCCCCCCCCCC/C=C\C/C=C\CCCCCCC. The first-order valence-electron chi connectivity index (χ1n) is 35.7. The van der Waals surface area contributed by atoms with Crippen molar-refractivity contribution in [3.8, 4) is 0 Å². The van der Waals surface area contributed by atoms with Gasteiger partial charge in [0.25, 0.3) is 0 Å². The second-order valence-electron chi connectivity index (χ2n) is 23.8. The summed E-state index contributed by atoms with van der Waals surface area (Å²) in [5.74, 6) is -0.889. The maximum Gasteiger partial charge on any atom is 0.306 e. The largest absolute Gasteiger partial charge is 0.462 e. The van der Waals surface area contributed by atoms with Crippen molar-refractivity contribution < 1.29 is 28.6 Å². The quantitative estimate of drug-likeness (QED) is 0.0261. The highest BCUT2D eigenvalue weighted by atomic mass is 16.6. The number of carbonyl (C=O) groups is 3. The molecule has 0 bridgehead atoms. The lowest BCUT2D eigenvalue weighted by atomic mass is 10.0. The third-order valence-electron chi connectivity index (χ3n) is 15.5. The highest BCUT2D eigenvalue weighted by Gasteiger charge is 2.19. The van der Waals surface area contributed by atoms with Gasteiger partial charge in [-0.2, -0.15) is 0 Å². The predicted molar refractivity (Wildman–Crippen MR) is 362 cm³/mol. The molecule has 0 fully saturated rings. The molecule has 0 aromatic carbocycles. The number of allylic oxidation sites excluding steroid dienone is 16. The number of hydrogen-bond acceptors (Lipinski definition) is 6. The molecule has 0 spiro atoms. The van der Waals surface area contributed by atoms with E-state index in [0.29, 0.717) is 19.3 Å². The summed E-state index contributed by atoms with van der Waals surface area (Å²) in [6.07, 6.45) is 95.9. The topological polar surface area (TPSA) is 78.9 Å². The molecule has 0 N–H and O–H groups in total. The van der Waals surface area contributed by atoms with Crippen LogP contribution in [-0.4, -0.2) is 37.2 Å². The molecular weight excluding hydrogens is 1020 g/mol. The molecule has 0 rings (SSSR count). The number of rotatable bonds is 65. The van der Waals surface area contributed by atoms with Crippen LogP contribution in [0, 0.1) is 0 Å². The summed E-state index contributed by atoms with van der Waals surface area (Å²) in [6, 6.07) is 0. The first-order valence-corrected chi connectivity index (χ1v) is 35.7. The van der Waals surface area contributed by atoms with E-state index in [4.69, 9.17) is 14.2 Å². The Morgan fingerprint density at radius 3 is 0.783 bits per heavy atom. The van der Waals surface area contributed by atoms with E-state index in [2.05, 4.69) is 118 Å². The molecule has 6 nitrogen and oxygen atoms in total. The fraction of sp³-hybridized carbons (Fsp3) is 0.753. The highest BCUT2D eigenvalue weighted by molar-refractivity contribution is 5.71. The van der Waals surface area contributed by atoms with Gasteiger partial charge in [-0.1, -0.05) is 317 Å². The molecule has 0 heterocycles. The van der Waals surface area contributed by atoms with Gasteiger partial charge in [0.2, 0.25) is 0 Å². The van der Waals surface area contributed by atoms with Gasteiger partial charge in [0.05, 0.1) is 0 Å². The Bertz CT molecular complexity index is 1610. The zero-order chi connectivity index (χ0) is 59.9. The van der Waals surface area contributed by atoms with E-state index in [1.54, 1.807) is 0 Å². The molecule has 1 atom stereocenters. The zero-order valence-electron chi connectivity index (χ0n) is 54.9. The van der Waals surface area contributed by atoms with Gasteiger partial charge in [-0.3, -0.25) is 14.4 Å². The lowest BCUT2D eigenvalue weighted by molar-refractivity contribution is -0.167. The van der Waals surface area contributed by atoms with Crippen molar-refractivity contribution >= 4 is 17.9 Å². The highest BCUT2D eigenvalue weighted by Crippen LogP contribution is 2.17. The minimum absolute atomic E-state index is 0.0822. The number of unbranched alkanes of at least 4 members (excludes halogenated alkanes) is 38. The molecule has 6 heteroatoms. The van der Waals surface area contributed by atoms with Crippen LogP contribution < -0.4 is 0 Å². The Morgan fingerprint density at radius 1 is 0.253 bits per heavy atom. The predicted octanol–water partition coefficient (Wildman–Crippen LogP) is 24.8. The second-order valence-corrected chi connectivity index (χ2v) is 23.8. The van der Waals surface area contributed by atoms with Crippen LogP contribution in [0.3, 0.4) is 0 Å². The maximum absolute atomic E-state index is 12.9. The third-order valence-corrected chi connectivity index (χ3v) is 15.5. The minimum Gasteiger partial charge on any atom is -0.462 e. The van der Waals surface area contributed by atoms with Crippen molar-refractivity contribution in [3.63, 3.8) is 0 Å². The molecule has 0 aliphatic carbocycles. The van der Waals surface area contributed by atoms with Crippen LogP contribution in [0.15, 0.2) is 97.2 Å². The van der Waals surface area contributed by atoms with E-state index in [1.165, 1.54) is 205 Å². The van der Waals surface area contributed by atoms with E-state index in [0.717, 1.165) is 109 Å². The molecule has 0 radical (unpaired) electrons. The molecule has 0 saturated heterocycles. The lowest BCUT2D eigenvalue weighted by Gasteiger charge is -2.18. The van der Waals surface area contributed by atoms with E-state index in [1.807, 2.05) is 0 Å². The summed E-state index contributed by atoms with van der Waals surface area (Å²) in [5.41, 5.74) is 0. The van der Waals surface area contributed by atoms with Crippen LogP contribution in [-0.2, 0) is 28.6 Å². The molecule has 83 heavy (non-hydrogen) atoms. The first-order chi connectivity index (χ1) is 41.0.